The summed E-state index contributed by atoms with van der Waals surface area (Å²) in [7, 11) is 0. The molecule has 0 atom stereocenters. The summed E-state index contributed by atoms with van der Waals surface area (Å²) >= 11 is 12.3. The minimum atomic E-state index is 0.248. The van der Waals surface area contributed by atoms with Gasteiger partial charge in [-0.15, -0.1) is 0 Å². The zero-order chi connectivity index (χ0) is 19.9. The molecular formula is C20H18Cl2N2O4. The Morgan fingerprint density at radius 1 is 0.643 bits per heavy atom. The summed E-state index contributed by atoms with van der Waals surface area (Å²) in [5.74, 6) is 2.28. The van der Waals surface area contributed by atoms with Gasteiger partial charge in [-0.05, 0) is 47.5 Å². The molecular weight excluding hydrogens is 403 g/mol. The maximum Gasteiger partial charge on any atom is 0.131 e. The quantitative estimate of drug-likeness (QED) is 0.358. The van der Waals surface area contributed by atoms with Gasteiger partial charge in [0, 0.05) is 29.2 Å². The normalized spacial score (nSPS) is 10.7. The van der Waals surface area contributed by atoms with Gasteiger partial charge in [0.25, 0.3) is 0 Å². The lowest BCUT2D eigenvalue weighted by molar-refractivity contribution is 0.161. The number of hydrogen-bond donors (Lipinski definition) is 4. The van der Waals surface area contributed by atoms with Crippen molar-refractivity contribution >= 4 is 23.2 Å². The molecule has 0 fully saturated rings. The molecule has 0 aliphatic rings. The zero-order valence-electron chi connectivity index (χ0n) is 14.7. The topological polar surface area (TPSA) is 83.0 Å². The van der Waals surface area contributed by atoms with Crippen LogP contribution in [0, 0.1) is 0 Å². The lowest BCUT2D eigenvalue weighted by atomic mass is 10.2. The first-order chi connectivity index (χ1) is 13.6. The van der Waals surface area contributed by atoms with Crippen molar-refractivity contribution in [3.05, 3.63) is 81.8 Å². The smallest absolute Gasteiger partial charge is 0.131 e. The molecule has 0 aromatic heterocycles. The highest BCUT2D eigenvalue weighted by molar-refractivity contribution is 6.31. The molecule has 28 heavy (non-hydrogen) atoms. The predicted molar refractivity (Wildman–Crippen MR) is 107 cm³/mol. The fraction of sp³-hybridized carbons (Fsp3) is 0.100. The SMILES string of the molecule is ONCc1ccc(Oc2cccc(Oc3ccc(CNO)c(Cl)c3)c2)cc1Cl. The Labute approximate surface area is 172 Å². The van der Waals surface area contributed by atoms with E-state index in [1.54, 1.807) is 54.6 Å². The third-order valence-electron chi connectivity index (χ3n) is 3.86. The predicted octanol–water partition coefficient (Wildman–Crippen LogP) is 5.54. The molecule has 0 spiro atoms. The van der Waals surface area contributed by atoms with Crippen molar-refractivity contribution in [2.24, 2.45) is 0 Å². The van der Waals surface area contributed by atoms with Crippen LogP contribution in [0.3, 0.4) is 0 Å². The van der Waals surface area contributed by atoms with Gasteiger partial charge in [0.1, 0.15) is 23.0 Å². The van der Waals surface area contributed by atoms with Crippen molar-refractivity contribution in [2.75, 3.05) is 0 Å². The Hall–Kier alpha value is -2.32. The molecule has 146 valence electrons. The second-order valence-electron chi connectivity index (χ2n) is 5.86. The van der Waals surface area contributed by atoms with E-state index in [0.29, 0.717) is 33.0 Å². The summed E-state index contributed by atoms with van der Waals surface area (Å²) in [5.41, 5.74) is 5.65. The number of ether oxygens (including phenoxy) is 2. The van der Waals surface area contributed by atoms with E-state index in [2.05, 4.69) is 11.0 Å². The van der Waals surface area contributed by atoms with Crippen LogP contribution in [0.4, 0.5) is 0 Å². The van der Waals surface area contributed by atoms with E-state index in [4.69, 9.17) is 43.1 Å². The van der Waals surface area contributed by atoms with Crippen LogP contribution in [-0.4, -0.2) is 10.4 Å². The van der Waals surface area contributed by atoms with E-state index in [1.807, 2.05) is 6.07 Å². The summed E-state index contributed by atoms with van der Waals surface area (Å²) in [5, 5.41) is 18.5. The van der Waals surface area contributed by atoms with Crippen molar-refractivity contribution in [1.82, 2.24) is 11.0 Å². The van der Waals surface area contributed by atoms with Crippen molar-refractivity contribution in [2.45, 2.75) is 13.1 Å². The standard InChI is InChI=1S/C20H18Cl2N2O4/c21-19-9-17(6-4-13(19)11-23-25)27-15-2-1-3-16(8-15)28-18-7-5-14(12-24-26)20(22)10-18/h1-10,23-26H,11-12H2. The van der Waals surface area contributed by atoms with Crippen LogP contribution in [0.5, 0.6) is 23.0 Å². The van der Waals surface area contributed by atoms with Crippen molar-refractivity contribution < 1.29 is 19.9 Å². The van der Waals surface area contributed by atoms with Crippen LogP contribution in [0.2, 0.25) is 10.0 Å². The van der Waals surface area contributed by atoms with Gasteiger partial charge in [0.15, 0.2) is 0 Å². The second kappa shape index (κ2) is 9.75. The number of hydrogen-bond acceptors (Lipinski definition) is 6. The molecule has 4 N–H and O–H groups in total. The van der Waals surface area contributed by atoms with E-state index >= 15 is 0 Å². The summed E-state index contributed by atoms with van der Waals surface area (Å²) in [6.07, 6.45) is 0. The van der Waals surface area contributed by atoms with E-state index < -0.39 is 0 Å². The van der Waals surface area contributed by atoms with Crippen LogP contribution >= 0.6 is 23.2 Å². The van der Waals surface area contributed by atoms with Gasteiger partial charge in [0.05, 0.1) is 0 Å². The molecule has 0 bridgehead atoms. The molecule has 0 aliphatic carbocycles. The second-order valence-corrected chi connectivity index (χ2v) is 6.67. The third-order valence-corrected chi connectivity index (χ3v) is 4.57. The van der Waals surface area contributed by atoms with Crippen molar-refractivity contribution in [1.29, 1.82) is 0 Å². The first-order valence-corrected chi connectivity index (χ1v) is 9.11. The van der Waals surface area contributed by atoms with Crippen molar-refractivity contribution in [3.63, 3.8) is 0 Å². The summed E-state index contributed by atoms with van der Waals surface area (Å²) < 4.78 is 11.7. The lowest BCUT2D eigenvalue weighted by Gasteiger charge is -2.11. The Balaban J connectivity index is 1.72. The minimum Gasteiger partial charge on any atom is -0.457 e. The van der Waals surface area contributed by atoms with Gasteiger partial charge in [0.2, 0.25) is 0 Å². The summed E-state index contributed by atoms with van der Waals surface area (Å²) in [6.45, 7) is 0.496. The zero-order valence-corrected chi connectivity index (χ0v) is 16.2. The highest BCUT2D eigenvalue weighted by Gasteiger charge is 2.07. The van der Waals surface area contributed by atoms with Crippen molar-refractivity contribution in [3.8, 4) is 23.0 Å². The highest BCUT2D eigenvalue weighted by Crippen LogP contribution is 2.31. The highest BCUT2D eigenvalue weighted by atomic mass is 35.5. The van der Waals surface area contributed by atoms with Gasteiger partial charge >= 0.3 is 0 Å². The maximum atomic E-state index is 8.78. The van der Waals surface area contributed by atoms with E-state index in [9.17, 15) is 0 Å². The fourth-order valence-electron chi connectivity index (χ4n) is 2.51. The van der Waals surface area contributed by atoms with Gasteiger partial charge in [-0.3, -0.25) is 0 Å². The molecule has 3 rings (SSSR count). The number of nitrogens with one attached hydrogen (secondary N) is 2. The maximum absolute atomic E-state index is 8.78. The monoisotopic (exact) mass is 420 g/mol. The van der Waals surface area contributed by atoms with E-state index in [-0.39, 0.29) is 13.1 Å². The number of halogens is 2. The van der Waals surface area contributed by atoms with E-state index in [1.165, 1.54) is 0 Å². The molecule has 3 aromatic rings. The Bertz CT molecular complexity index is 880. The Morgan fingerprint density at radius 3 is 1.46 bits per heavy atom. The third kappa shape index (κ3) is 5.36. The number of hydroxylamine groups is 2. The van der Waals surface area contributed by atoms with Crippen LogP contribution in [0.1, 0.15) is 11.1 Å². The lowest BCUT2D eigenvalue weighted by Crippen LogP contribution is -2.06. The molecule has 0 heterocycles. The van der Waals surface area contributed by atoms with Crippen LogP contribution < -0.4 is 20.4 Å². The molecule has 0 radical (unpaired) electrons. The Kier molecular flexibility index (Phi) is 7.11. The number of benzene rings is 3. The molecule has 0 saturated heterocycles. The molecule has 6 nitrogen and oxygen atoms in total. The molecule has 0 saturated carbocycles. The first kappa shape index (κ1) is 20.4. The summed E-state index contributed by atoms with van der Waals surface area (Å²) in [6, 6.07) is 17.6. The minimum absolute atomic E-state index is 0.248. The van der Waals surface area contributed by atoms with Crippen LogP contribution in [-0.2, 0) is 13.1 Å². The van der Waals surface area contributed by atoms with E-state index in [0.717, 1.165) is 11.1 Å². The molecule has 8 heteroatoms. The van der Waals surface area contributed by atoms with Gasteiger partial charge in [-0.25, -0.2) is 11.0 Å². The largest absolute Gasteiger partial charge is 0.457 e. The first-order valence-electron chi connectivity index (χ1n) is 8.35. The molecule has 0 unspecified atom stereocenters. The van der Waals surface area contributed by atoms with Gasteiger partial charge in [-0.1, -0.05) is 41.4 Å². The van der Waals surface area contributed by atoms with Gasteiger partial charge in [-0.2, -0.15) is 0 Å². The van der Waals surface area contributed by atoms with Crippen LogP contribution in [0.25, 0.3) is 0 Å². The average Bonchev–Trinajstić information content (AvgIpc) is 2.67. The molecule has 3 aromatic carbocycles. The van der Waals surface area contributed by atoms with Gasteiger partial charge < -0.3 is 19.9 Å². The van der Waals surface area contributed by atoms with Crippen LogP contribution in [0.15, 0.2) is 60.7 Å². The summed E-state index contributed by atoms with van der Waals surface area (Å²) in [4.78, 5) is 0. The average molecular weight is 421 g/mol. The Morgan fingerprint density at radius 2 is 1.07 bits per heavy atom. The fourth-order valence-corrected chi connectivity index (χ4v) is 2.99. The molecule has 0 aliphatic heterocycles. The number of rotatable bonds is 8. The molecule has 0 amide bonds.